The van der Waals surface area contributed by atoms with Crippen LogP contribution in [-0.4, -0.2) is 51.1 Å². The molecule has 0 aromatic heterocycles. The lowest BCUT2D eigenvalue weighted by molar-refractivity contribution is 0.357. The topological polar surface area (TPSA) is 39.7 Å². The van der Waals surface area contributed by atoms with Crippen LogP contribution in [0.25, 0.3) is 0 Å². The van der Waals surface area contributed by atoms with E-state index in [1.807, 2.05) is 7.05 Å². The van der Waals surface area contributed by atoms with Crippen LogP contribution in [0.3, 0.4) is 0 Å². The van der Waals surface area contributed by atoms with Crippen LogP contribution in [0.5, 0.6) is 0 Å². The Kier molecular flexibility index (Phi) is 16.1. The molecule has 0 aromatic rings. The number of unbranched alkanes of at least 4 members (excludes halogenated alkanes) is 1. The van der Waals surface area contributed by atoms with Crippen LogP contribution >= 0.6 is 24.0 Å². The summed E-state index contributed by atoms with van der Waals surface area (Å²) in [5.74, 6) is 1.73. The molecule has 0 unspecified atom stereocenters. The van der Waals surface area contributed by atoms with Gasteiger partial charge in [0.1, 0.15) is 0 Å². The van der Waals surface area contributed by atoms with Crippen LogP contribution in [-0.2, 0) is 0 Å². The van der Waals surface area contributed by atoms with Gasteiger partial charge in [0, 0.05) is 26.7 Å². The van der Waals surface area contributed by atoms with Gasteiger partial charge in [0.05, 0.1) is 0 Å². The molecule has 5 heteroatoms. The van der Waals surface area contributed by atoms with Gasteiger partial charge in [-0.25, -0.2) is 0 Å². The summed E-state index contributed by atoms with van der Waals surface area (Å²) >= 11 is 0. The molecular weight excluding hydrogens is 351 g/mol. The fourth-order valence-electron chi connectivity index (χ4n) is 1.63. The third kappa shape index (κ3) is 14.2. The van der Waals surface area contributed by atoms with Crippen molar-refractivity contribution in [1.82, 2.24) is 15.5 Å². The number of halogens is 1. The molecule has 4 nitrogen and oxygen atoms in total. The number of nitrogens with one attached hydrogen (secondary N) is 2. The molecular formula is C14H33IN4. The molecule has 0 bridgehead atoms. The van der Waals surface area contributed by atoms with Crippen molar-refractivity contribution >= 4 is 29.9 Å². The molecule has 0 saturated heterocycles. The van der Waals surface area contributed by atoms with Gasteiger partial charge >= 0.3 is 0 Å². The van der Waals surface area contributed by atoms with Gasteiger partial charge in [-0.2, -0.15) is 0 Å². The van der Waals surface area contributed by atoms with Crippen molar-refractivity contribution in [3.63, 3.8) is 0 Å². The van der Waals surface area contributed by atoms with Crippen LogP contribution in [0.2, 0.25) is 0 Å². The SMILES string of the molecule is CCN(C)CCNC(=NC)NCCCCC(C)C.I. The van der Waals surface area contributed by atoms with E-state index in [1.165, 1.54) is 19.3 Å². The minimum atomic E-state index is 0. The monoisotopic (exact) mass is 384 g/mol. The van der Waals surface area contributed by atoms with Crippen LogP contribution in [0.15, 0.2) is 4.99 Å². The van der Waals surface area contributed by atoms with E-state index in [0.717, 1.165) is 38.1 Å². The van der Waals surface area contributed by atoms with Gasteiger partial charge in [-0.1, -0.05) is 33.6 Å². The first-order valence-electron chi connectivity index (χ1n) is 7.23. The van der Waals surface area contributed by atoms with E-state index in [-0.39, 0.29) is 24.0 Å². The standard InChI is InChI=1S/C14H32N4.HI/c1-6-18(5)12-11-17-14(15-4)16-10-8-7-9-13(2)3;/h13H,6-12H2,1-5H3,(H2,15,16,17);1H. The fraction of sp³-hybridized carbons (Fsp3) is 0.929. The van der Waals surface area contributed by atoms with Crippen molar-refractivity contribution in [2.75, 3.05) is 40.3 Å². The maximum absolute atomic E-state index is 4.22. The number of aliphatic imine (C=N–C) groups is 1. The molecule has 0 aliphatic rings. The predicted octanol–water partition coefficient (Wildman–Crippen LogP) is 2.55. The molecule has 0 spiro atoms. The second-order valence-corrected chi connectivity index (χ2v) is 5.21. The van der Waals surface area contributed by atoms with E-state index < -0.39 is 0 Å². The van der Waals surface area contributed by atoms with Gasteiger partial charge in [-0.05, 0) is 25.9 Å². The second-order valence-electron chi connectivity index (χ2n) is 5.21. The van der Waals surface area contributed by atoms with Crippen molar-refractivity contribution in [3.05, 3.63) is 0 Å². The summed E-state index contributed by atoms with van der Waals surface area (Å²) in [6.07, 6.45) is 3.82. The Morgan fingerprint density at radius 3 is 2.32 bits per heavy atom. The summed E-state index contributed by atoms with van der Waals surface area (Å²) in [6, 6.07) is 0. The maximum Gasteiger partial charge on any atom is 0.191 e. The van der Waals surface area contributed by atoms with Crippen LogP contribution in [0.1, 0.15) is 40.0 Å². The fourth-order valence-corrected chi connectivity index (χ4v) is 1.63. The third-order valence-corrected chi connectivity index (χ3v) is 3.05. The molecule has 19 heavy (non-hydrogen) atoms. The zero-order chi connectivity index (χ0) is 13.8. The van der Waals surface area contributed by atoms with Crippen molar-refractivity contribution in [2.24, 2.45) is 10.9 Å². The quantitative estimate of drug-likeness (QED) is 0.278. The Morgan fingerprint density at radius 2 is 1.79 bits per heavy atom. The van der Waals surface area contributed by atoms with Crippen molar-refractivity contribution < 1.29 is 0 Å². The maximum atomic E-state index is 4.22. The number of nitrogens with zero attached hydrogens (tertiary/aromatic N) is 2. The molecule has 0 fully saturated rings. The Morgan fingerprint density at radius 1 is 1.16 bits per heavy atom. The van der Waals surface area contributed by atoms with Gasteiger partial charge < -0.3 is 15.5 Å². The number of hydrogen-bond acceptors (Lipinski definition) is 2. The van der Waals surface area contributed by atoms with Gasteiger partial charge in [-0.15, -0.1) is 24.0 Å². The van der Waals surface area contributed by atoms with Gasteiger partial charge in [-0.3, -0.25) is 4.99 Å². The summed E-state index contributed by atoms with van der Waals surface area (Å²) in [5, 5.41) is 6.69. The van der Waals surface area contributed by atoms with Crippen molar-refractivity contribution in [1.29, 1.82) is 0 Å². The first-order chi connectivity index (χ1) is 8.60. The second kappa shape index (κ2) is 14.4. The molecule has 2 N–H and O–H groups in total. The summed E-state index contributed by atoms with van der Waals surface area (Å²) < 4.78 is 0. The molecule has 0 rings (SSSR count). The lowest BCUT2D eigenvalue weighted by Crippen LogP contribution is -2.41. The molecule has 0 saturated carbocycles. The van der Waals surface area contributed by atoms with E-state index in [4.69, 9.17) is 0 Å². The number of guanidine groups is 1. The molecule has 0 aliphatic carbocycles. The highest BCUT2D eigenvalue weighted by Crippen LogP contribution is 2.04. The van der Waals surface area contributed by atoms with Crippen molar-refractivity contribution in [3.8, 4) is 0 Å². The first kappa shape index (κ1) is 21.3. The Balaban J connectivity index is 0. The number of likely N-dealkylation sites (N-methyl/N-ethyl adjacent to an activating group) is 1. The van der Waals surface area contributed by atoms with E-state index in [1.54, 1.807) is 0 Å². The summed E-state index contributed by atoms with van der Waals surface area (Å²) in [6.45, 7) is 10.8. The molecule has 0 aromatic carbocycles. The molecule has 0 heterocycles. The highest BCUT2D eigenvalue weighted by molar-refractivity contribution is 14.0. The van der Waals surface area contributed by atoms with E-state index in [9.17, 15) is 0 Å². The summed E-state index contributed by atoms with van der Waals surface area (Å²) in [7, 11) is 3.96. The van der Waals surface area contributed by atoms with E-state index >= 15 is 0 Å². The van der Waals surface area contributed by atoms with Crippen LogP contribution < -0.4 is 10.6 Å². The summed E-state index contributed by atoms with van der Waals surface area (Å²) in [4.78, 5) is 6.50. The largest absolute Gasteiger partial charge is 0.356 e. The van der Waals surface area contributed by atoms with Gasteiger partial charge in [0.15, 0.2) is 5.96 Å². The zero-order valence-electron chi connectivity index (χ0n) is 13.3. The average molecular weight is 384 g/mol. The summed E-state index contributed by atoms with van der Waals surface area (Å²) in [5.41, 5.74) is 0. The Labute approximate surface area is 136 Å². The van der Waals surface area contributed by atoms with E-state index in [0.29, 0.717) is 0 Å². The average Bonchev–Trinajstić information content (AvgIpc) is 2.35. The predicted molar refractivity (Wildman–Crippen MR) is 96.6 cm³/mol. The van der Waals surface area contributed by atoms with Crippen LogP contribution in [0.4, 0.5) is 0 Å². The lowest BCUT2D eigenvalue weighted by Gasteiger charge is -2.16. The minimum absolute atomic E-state index is 0. The highest BCUT2D eigenvalue weighted by Gasteiger charge is 1.99. The van der Waals surface area contributed by atoms with Gasteiger partial charge in [0.25, 0.3) is 0 Å². The highest BCUT2D eigenvalue weighted by atomic mass is 127. The Bertz CT molecular complexity index is 219. The molecule has 0 radical (unpaired) electrons. The van der Waals surface area contributed by atoms with Gasteiger partial charge in [0.2, 0.25) is 0 Å². The third-order valence-electron chi connectivity index (χ3n) is 3.05. The Hall–Kier alpha value is -0.0400. The smallest absolute Gasteiger partial charge is 0.191 e. The minimum Gasteiger partial charge on any atom is -0.356 e. The van der Waals surface area contributed by atoms with Crippen molar-refractivity contribution in [2.45, 2.75) is 40.0 Å². The first-order valence-corrected chi connectivity index (χ1v) is 7.23. The lowest BCUT2D eigenvalue weighted by atomic mass is 10.1. The molecule has 0 amide bonds. The number of hydrogen-bond donors (Lipinski definition) is 2. The van der Waals surface area contributed by atoms with E-state index in [2.05, 4.69) is 48.3 Å². The van der Waals surface area contributed by atoms with Crippen LogP contribution in [0, 0.1) is 5.92 Å². The molecule has 116 valence electrons. The zero-order valence-corrected chi connectivity index (χ0v) is 15.7. The normalized spacial score (nSPS) is 11.6. The number of rotatable bonds is 9. The molecule has 0 atom stereocenters. The molecule has 0 aliphatic heterocycles.